The minimum absolute atomic E-state index is 0.0167. The molecule has 3 aromatic rings. The van der Waals surface area contributed by atoms with Crippen LogP contribution in [-0.4, -0.2) is 21.0 Å². The summed E-state index contributed by atoms with van der Waals surface area (Å²) in [4.78, 5) is 29.9. The molecule has 35 heavy (non-hydrogen) atoms. The van der Waals surface area contributed by atoms with Gasteiger partial charge in [0.05, 0.1) is 11.6 Å². The van der Waals surface area contributed by atoms with Crippen molar-refractivity contribution < 1.29 is 9.59 Å². The first kappa shape index (κ1) is 23.0. The predicted molar refractivity (Wildman–Crippen MR) is 139 cm³/mol. The fraction of sp³-hybridized carbons (Fsp3) is 0.258. The third-order valence-corrected chi connectivity index (χ3v) is 6.84. The van der Waals surface area contributed by atoms with Crippen molar-refractivity contribution in [2.24, 2.45) is 5.92 Å². The second kappa shape index (κ2) is 10.2. The molecule has 0 saturated carbocycles. The lowest BCUT2D eigenvalue weighted by Crippen LogP contribution is -2.19. The van der Waals surface area contributed by atoms with E-state index in [1.165, 1.54) is 22.8 Å². The molecule has 0 spiro atoms. The van der Waals surface area contributed by atoms with Crippen molar-refractivity contribution >= 4 is 17.2 Å². The zero-order valence-corrected chi connectivity index (χ0v) is 20.1. The summed E-state index contributed by atoms with van der Waals surface area (Å²) in [5.41, 5.74) is 7.21. The van der Waals surface area contributed by atoms with E-state index in [2.05, 4.69) is 52.8 Å². The Balaban J connectivity index is 1.17. The van der Waals surface area contributed by atoms with Gasteiger partial charge in [-0.3, -0.25) is 9.59 Å². The van der Waals surface area contributed by atoms with Crippen molar-refractivity contribution in [1.82, 2.24) is 9.38 Å². The summed E-state index contributed by atoms with van der Waals surface area (Å²) in [5.74, 6) is -0.285. The van der Waals surface area contributed by atoms with E-state index in [1.54, 1.807) is 0 Å². The fourth-order valence-corrected chi connectivity index (χ4v) is 4.76. The van der Waals surface area contributed by atoms with Gasteiger partial charge in [0.1, 0.15) is 5.65 Å². The third-order valence-electron chi connectivity index (χ3n) is 6.84. The molecule has 0 radical (unpaired) electrons. The zero-order chi connectivity index (χ0) is 24.2. The number of rotatable bonds is 9. The summed E-state index contributed by atoms with van der Waals surface area (Å²) >= 11 is 0. The van der Waals surface area contributed by atoms with Gasteiger partial charge in [0.25, 0.3) is 0 Å². The van der Waals surface area contributed by atoms with Crippen molar-refractivity contribution in [3.05, 3.63) is 119 Å². The largest absolute Gasteiger partial charge is 0.307 e. The number of carbonyl (C=O) groups is 2. The normalized spacial score (nSPS) is 16.8. The van der Waals surface area contributed by atoms with Crippen LogP contribution in [0, 0.1) is 5.92 Å². The average molecular weight is 463 g/mol. The zero-order valence-electron chi connectivity index (χ0n) is 20.1. The van der Waals surface area contributed by atoms with E-state index in [0.29, 0.717) is 18.4 Å². The highest BCUT2D eigenvalue weighted by Crippen LogP contribution is 2.27. The maximum atomic E-state index is 12.8. The molecule has 0 bridgehead atoms. The van der Waals surface area contributed by atoms with Gasteiger partial charge in [0, 0.05) is 24.4 Å². The average Bonchev–Trinajstić information content (AvgIpc) is 3.30. The summed E-state index contributed by atoms with van der Waals surface area (Å²) in [7, 11) is 0. The van der Waals surface area contributed by atoms with E-state index in [9.17, 15) is 9.59 Å². The fourth-order valence-electron chi connectivity index (χ4n) is 4.76. The molecular weight excluding hydrogens is 432 g/mol. The van der Waals surface area contributed by atoms with Crippen LogP contribution in [0.3, 0.4) is 0 Å². The molecule has 0 saturated heterocycles. The van der Waals surface area contributed by atoms with Gasteiger partial charge < -0.3 is 4.40 Å². The summed E-state index contributed by atoms with van der Waals surface area (Å²) in [6.45, 7) is 2.18. The second-order valence-corrected chi connectivity index (χ2v) is 9.35. The van der Waals surface area contributed by atoms with Gasteiger partial charge in [-0.05, 0) is 72.6 Å². The van der Waals surface area contributed by atoms with E-state index in [-0.39, 0.29) is 17.5 Å². The van der Waals surface area contributed by atoms with Crippen LogP contribution < -0.4 is 0 Å². The first-order valence-electron chi connectivity index (χ1n) is 12.5. The van der Waals surface area contributed by atoms with Gasteiger partial charge in [-0.25, -0.2) is 4.98 Å². The lowest BCUT2D eigenvalue weighted by molar-refractivity contribution is -0.118. The molecule has 2 heterocycles. The molecule has 2 aliphatic carbocycles. The number of nitrogens with zero attached hydrogens (tertiary/aromatic N) is 2. The van der Waals surface area contributed by atoms with E-state index >= 15 is 0 Å². The maximum absolute atomic E-state index is 12.8. The molecule has 4 heteroatoms. The number of ketones is 2. The van der Waals surface area contributed by atoms with E-state index in [1.807, 2.05) is 42.6 Å². The van der Waals surface area contributed by atoms with Gasteiger partial charge in [0.15, 0.2) is 11.6 Å². The Morgan fingerprint density at radius 1 is 0.914 bits per heavy atom. The number of aryl methyl sites for hydroxylation is 4. The number of carbonyl (C=O) groups excluding carboxylic acids is 2. The first-order valence-corrected chi connectivity index (χ1v) is 12.5. The van der Waals surface area contributed by atoms with Crippen LogP contribution in [0.15, 0.2) is 96.4 Å². The van der Waals surface area contributed by atoms with Gasteiger partial charge in [-0.15, -0.1) is 0 Å². The van der Waals surface area contributed by atoms with Crippen molar-refractivity contribution in [1.29, 1.82) is 0 Å². The van der Waals surface area contributed by atoms with Crippen molar-refractivity contribution in [2.75, 3.05) is 0 Å². The minimum atomic E-state index is -0.245. The number of benzene rings is 1. The number of allylic oxidation sites excluding steroid dienone is 8. The first-order chi connectivity index (χ1) is 17.1. The Hall–Kier alpha value is -3.79. The number of Topliss-reactive ketones (excluding diaryl/α,β-unsaturated/α-hetero) is 1. The maximum Gasteiger partial charge on any atom is 0.167 e. The highest BCUT2D eigenvalue weighted by molar-refractivity contribution is 6.09. The summed E-state index contributed by atoms with van der Waals surface area (Å²) in [5, 5.41) is 0. The lowest BCUT2D eigenvalue weighted by atomic mass is 9.83. The molecular formula is C31H30N2O2. The van der Waals surface area contributed by atoms with E-state index in [4.69, 9.17) is 0 Å². The Bertz CT molecular complexity index is 1380. The topological polar surface area (TPSA) is 51.4 Å². The molecule has 0 aliphatic heterocycles. The smallest absolute Gasteiger partial charge is 0.167 e. The lowest BCUT2D eigenvalue weighted by Gasteiger charge is -2.19. The monoisotopic (exact) mass is 462 g/mol. The van der Waals surface area contributed by atoms with Crippen LogP contribution >= 0.6 is 0 Å². The number of pyridine rings is 1. The van der Waals surface area contributed by atoms with Gasteiger partial charge in [0.2, 0.25) is 0 Å². The summed E-state index contributed by atoms with van der Waals surface area (Å²) in [6, 6.07) is 13.1. The standard InChI is InChI=1S/C31H30N2O2/c1-2-22-10-12-23(13-11-22)6-5-7-24-14-17-31-32-27(21-33(31)20-24)15-16-29(34)26-18-25-8-3-4-9-28(25)30(35)19-26/h3-4,8-14,17-21,28H,2,5-7,15-16H2,1H3. The number of aromatic nitrogens is 2. The SMILES string of the molecule is CCc1ccc(CCCc2ccc3nc(CCC(=O)C4=CC(=O)C5C=CC=CC5=C4)cn3c2)cc1. The highest BCUT2D eigenvalue weighted by Gasteiger charge is 2.25. The van der Waals surface area contributed by atoms with Crippen LogP contribution in [0.4, 0.5) is 0 Å². The van der Waals surface area contributed by atoms with Crippen LogP contribution in [0.25, 0.3) is 5.65 Å². The molecule has 1 unspecified atom stereocenters. The van der Waals surface area contributed by atoms with Crippen molar-refractivity contribution in [3.63, 3.8) is 0 Å². The highest BCUT2D eigenvalue weighted by atomic mass is 16.1. The van der Waals surface area contributed by atoms with Gasteiger partial charge in [-0.2, -0.15) is 0 Å². The number of hydrogen-bond acceptors (Lipinski definition) is 3. The van der Waals surface area contributed by atoms with Gasteiger partial charge >= 0.3 is 0 Å². The van der Waals surface area contributed by atoms with Gasteiger partial charge in [-0.1, -0.05) is 61.6 Å². The van der Waals surface area contributed by atoms with Crippen LogP contribution in [-0.2, 0) is 35.3 Å². The Labute approximate surface area is 206 Å². The number of imidazole rings is 1. The Morgan fingerprint density at radius 2 is 1.69 bits per heavy atom. The molecule has 0 fully saturated rings. The number of fused-ring (bicyclic) bond motifs is 2. The molecule has 5 rings (SSSR count). The van der Waals surface area contributed by atoms with E-state index < -0.39 is 0 Å². The Kier molecular flexibility index (Phi) is 6.71. The van der Waals surface area contributed by atoms with Crippen molar-refractivity contribution in [2.45, 2.75) is 45.4 Å². The van der Waals surface area contributed by atoms with Crippen LogP contribution in [0.5, 0.6) is 0 Å². The van der Waals surface area contributed by atoms with Crippen molar-refractivity contribution in [3.8, 4) is 0 Å². The molecule has 1 aromatic carbocycles. The van der Waals surface area contributed by atoms with Crippen LogP contribution in [0.2, 0.25) is 0 Å². The van der Waals surface area contributed by atoms with Crippen LogP contribution in [0.1, 0.15) is 42.1 Å². The molecule has 0 amide bonds. The third kappa shape index (κ3) is 5.32. The Morgan fingerprint density at radius 3 is 2.51 bits per heavy atom. The quantitative estimate of drug-likeness (QED) is 0.407. The molecule has 2 aliphatic rings. The molecule has 0 N–H and O–H groups in total. The molecule has 2 aromatic heterocycles. The summed E-state index contributed by atoms with van der Waals surface area (Å²) in [6.07, 6.45) is 20.2. The number of hydrogen-bond donors (Lipinski definition) is 0. The summed E-state index contributed by atoms with van der Waals surface area (Å²) < 4.78 is 2.06. The van der Waals surface area contributed by atoms with E-state index in [0.717, 1.165) is 42.6 Å². The molecule has 1 atom stereocenters. The predicted octanol–water partition coefficient (Wildman–Crippen LogP) is 5.75. The molecule has 4 nitrogen and oxygen atoms in total. The molecule has 176 valence electrons. The minimum Gasteiger partial charge on any atom is -0.307 e. The second-order valence-electron chi connectivity index (χ2n) is 9.35.